The fourth-order valence-electron chi connectivity index (χ4n) is 3.91. The lowest BCUT2D eigenvalue weighted by Crippen LogP contribution is -2.45. The molecular weight excluding hydrogens is 385 g/mol. The number of nitrogens with one attached hydrogen (secondary N) is 2. The number of aromatic nitrogens is 1. The number of furan rings is 1. The van der Waals surface area contributed by atoms with Crippen molar-refractivity contribution in [2.24, 2.45) is 0 Å². The summed E-state index contributed by atoms with van der Waals surface area (Å²) in [5.41, 5.74) is 5.66. The molecule has 0 spiro atoms. The summed E-state index contributed by atoms with van der Waals surface area (Å²) in [4.78, 5) is 15.8. The standard InChI is InChI=1S/C23H22FN3O3/c24-16-7-8-22-17(11-16)15(14-30-22)13-29-21-6-4-5-19-18(21)12-20(25-19)23(28)26-27-9-2-1-3-10-27/h4-8,11-12,14,25H,1-3,9-10,13H2,(H,26,28). The number of hydrogen-bond donors (Lipinski definition) is 2. The summed E-state index contributed by atoms with van der Waals surface area (Å²) in [6.45, 7) is 1.98. The second kappa shape index (κ2) is 7.84. The number of carbonyl (C=O) groups excluding carboxylic acids is 1. The number of fused-ring (bicyclic) bond motifs is 2. The Hall–Kier alpha value is -3.32. The Bertz CT molecular complexity index is 1210. The van der Waals surface area contributed by atoms with Gasteiger partial charge in [-0.1, -0.05) is 12.5 Å². The van der Waals surface area contributed by atoms with Gasteiger partial charge in [0.15, 0.2) is 0 Å². The van der Waals surface area contributed by atoms with Crippen LogP contribution >= 0.6 is 0 Å². The number of hydrogen-bond acceptors (Lipinski definition) is 4. The Balaban J connectivity index is 1.35. The largest absolute Gasteiger partial charge is 0.488 e. The summed E-state index contributed by atoms with van der Waals surface area (Å²) in [5, 5.41) is 3.48. The predicted molar refractivity (Wildman–Crippen MR) is 112 cm³/mol. The van der Waals surface area contributed by atoms with Crippen LogP contribution in [-0.2, 0) is 6.61 Å². The van der Waals surface area contributed by atoms with Crippen molar-refractivity contribution < 1.29 is 18.3 Å². The summed E-state index contributed by atoms with van der Waals surface area (Å²) in [6, 6.07) is 11.8. The van der Waals surface area contributed by atoms with Gasteiger partial charge in [-0.2, -0.15) is 0 Å². The van der Waals surface area contributed by atoms with E-state index < -0.39 is 0 Å². The van der Waals surface area contributed by atoms with Gasteiger partial charge in [-0.25, -0.2) is 9.40 Å². The Morgan fingerprint density at radius 1 is 1.13 bits per heavy atom. The Kier molecular flexibility index (Phi) is 4.88. The number of amides is 1. The van der Waals surface area contributed by atoms with Crippen LogP contribution in [0.15, 0.2) is 53.1 Å². The molecule has 154 valence electrons. The summed E-state index contributed by atoms with van der Waals surface area (Å²) in [7, 11) is 0. The first-order valence-corrected chi connectivity index (χ1v) is 10.1. The van der Waals surface area contributed by atoms with Gasteiger partial charge < -0.3 is 14.1 Å². The molecule has 30 heavy (non-hydrogen) atoms. The van der Waals surface area contributed by atoms with Gasteiger partial charge in [-0.15, -0.1) is 0 Å². The Morgan fingerprint density at radius 2 is 2.00 bits per heavy atom. The van der Waals surface area contributed by atoms with E-state index in [1.165, 1.54) is 18.6 Å². The molecule has 0 radical (unpaired) electrons. The fourth-order valence-corrected chi connectivity index (χ4v) is 3.91. The topological polar surface area (TPSA) is 70.5 Å². The third-order valence-electron chi connectivity index (χ3n) is 5.48. The highest BCUT2D eigenvalue weighted by Crippen LogP contribution is 2.29. The number of rotatable bonds is 5. The lowest BCUT2D eigenvalue weighted by molar-refractivity contribution is 0.0745. The molecule has 1 aliphatic heterocycles. The quantitative estimate of drug-likeness (QED) is 0.500. The van der Waals surface area contributed by atoms with Crippen molar-refractivity contribution in [1.29, 1.82) is 0 Å². The highest BCUT2D eigenvalue weighted by Gasteiger charge is 2.17. The van der Waals surface area contributed by atoms with Crippen molar-refractivity contribution in [2.45, 2.75) is 25.9 Å². The molecule has 0 atom stereocenters. The molecule has 1 saturated heterocycles. The molecule has 7 heteroatoms. The van der Waals surface area contributed by atoms with Gasteiger partial charge >= 0.3 is 0 Å². The number of nitrogens with zero attached hydrogens (tertiary/aromatic N) is 1. The van der Waals surface area contributed by atoms with Crippen molar-refractivity contribution in [3.05, 3.63) is 65.8 Å². The number of piperidine rings is 1. The van der Waals surface area contributed by atoms with E-state index in [4.69, 9.17) is 9.15 Å². The minimum absolute atomic E-state index is 0.157. The molecule has 1 aliphatic rings. The minimum Gasteiger partial charge on any atom is -0.488 e. The summed E-state index contributed by atoms with van der Waals surface area (Å²) in [5.74, 6) is 0.170. The summed E-state index contributed by atoms with van der Waals surface area (Å²) < 4.78 is 25.1. The third-order valence-corrected chi connectivity index (χ3v) is 5.48. The molecule has 1 amide bonds. The van der Waals surface area contributed by atoms with E-state index in [-0.39, 0.29) is 18.3 Å². The Morgan fingerprint density at radius 3 is 2.87 bits per heavy atom. The SMILES string of the molecule is O=C(NN1CCCCC1)c1cc2c(OCc3coc4ccc(F)cc34)cccc2[nH]1. The van der Waals surface area contributed by atoms with Crippen molar-refractivity contribution in [2.75, 3.05) is 13.1 Å². The van der Waals surface area contributed by atoms with Crippen LogP contribution in [0.2, 0.25) is 0 Å². The first kappa shape index (κ1) is 18.7. The number of ether oxygens (including phenoxy) is 1. The lowest BCUT2D eigenvalue weighted by atomic mass is 10.2. The predicted octanol–water partition coefficient (Wildman–Crippen LogP) is 4.76. The summed E-state index contributed by atoms with van der Waals surface area (Å²) >= 11 is 0. The van der Waals surface area contributed by atoms with E-state index in [0.29, 0.717) is 22.4 Å². The number of benzene rings is 2. The molecule has 6 nitrogen and oxygen atoms in total. The second-order valence-corrected chi connectivity index (χ2v) is 7.58. The molecule has 2 N–H and O–H groups in total. The maximum absolute atomic E-state index is 13.6. The van der Waals surface area contributed by atoms with Gasteiger partial charge in [0, 0.05) is 34.9 Å². The third kappa shape index (κ3) is 3.64. The molecule has 2 aromatic heterocycles. The van der Waals surface area contributed by atoms with Crippen LogP contribution in [0.3, 0.4) is 0 Å². The monoisotopic (exact) mass is 407 g/mol. The first-order chi connectivity index (χ1) is 14.7. The van der Waals surface area contributed by atoms with E-state index in [0.717, 1.165) is 42.4 Å². The van der Waals surface area contributed by atoms with Crippen molar-refractivity contribution in [1.82, 2.24) is 15.4 Å². The van der Waals surface area contributed by atoms with Crippen molar-refractivity contribution in [3.8, 4) is 5.75 Å². The molecule has 2 aromatic carbocycles. The zero-order chi connectivity index (χ0) is 20.5. The maximum Gasteiger partial charge on any atom is 0.282 e. The fraction of sp³-hybridized carbons (Fsp3) is 0.261. The van der Waals surface area contributed by atoms with Crippen LogP contribution < -0.4 is 10.2 Å². The molecule has 0 saturated carbocycles. The normalized spacial score (nSPS) is 15.0. The van der Waals surface area contributed by atoms with Crippen LogP contribution in [0.4, 0.5) is 4.39 Å². The van der Waals surface area contributed by atoms with E-state index in [1.54, 1.807) is 18.4 Å². The van der Waals surface area contributed by atoms with E-state index in [1.807, 2.05) is 23.2 Å². The molecular formula is C23H22FN3O3. The van der Waals surface area contributed by atoms with Gasteiger partial charge in [0.05, 0.1) is 6.26 Å². The number of aromatic amines is 1. The molecule has 4 aromatic rings. The smallest absolute Gasteiger partial charge is 0.282 e. The zero-order valence-corrected chi connectivity index (χ0v) is 16.4. The van der Waals surface area contributed by atoms with Gasteiger partial charge in [-0.05, 0) is 49.2 Å². The highest BCUT2D eigenvalue weighted by molar-refractivity contribution is 5.99. The van der Waals surface area contributed by atoms with Crippen molar-refractivity contribution in [3.63, 3.8) is 0 Å². The molecule has 5 rings (SSSR count). The van der Waals surface area contributed by atoms with Crippen LogP contribution in [0.5, 0.6) is 5.75 Å². The van der Waals surface area contributed by atoms with Gasteiger partial charge in [0.25, 0.3) is 5.91 Å². The van der Waals surface area contributed by atoms with Crippen LogP contribution in [0, 0.1) is 5.82 Å². The van der Waals surface area contributed by atoms with Crippen molar-refractivity contribution >= 4 is 27.8 Å². The van der Waals surface area contributed by atoms with Gasteiger partial charge in [0.1, 0.15) is 29.5 Å². The molecule has 0 unspecified atom stereocenters. The first-order valence-electron chi connectivity index (χ1n) is 10.1. The van der Waals surface area contributed by atoms with Crippen LogP contribution in [-0.4, -0.2) is 29.0 Å². The van der Waals surface area contributed by atoms with E-state index >= 15 is 0 Å². The number of carbonyl (C=O) groups is 1. The Labute approximate surface area is 172 Å². The van der Waals surface area contributed by atoms with Gasteiger partial charge in [-0.3, -0.25) is 10.2 Å². The summed E-state index contributed by atoms with van der Waals surface area (Å²) in [6.07, 6.45) is 4.98. The molecule has 3 heterocycles. The zero-order valence-electron chi connectivity index (χ0n) is 16.4. The van der Waals surface area contributed by atoms with Gasteiger partial charge in [0.2, 0.25) is 0 Å². The number of halogens is 1. The maximum atomic E-state index is 13.6. The molecule has 0 bridgehead atoms. The highest BCUT2D eigenvalue weighted by atomic mass is 19.1. The van der Waals surface area contributed by atoms with E-state index in [2.05, 4.69) is 10.4 Å². The average molecular weight is 407 g/mol. The molecule has 0 aliphatic carbocycles. The molecule has 1 fully saturated rings. The average Bonchev–Trinajstić information content (AvgIpc) is 3.37. The van der Waals surface area contributed by atoms with E-state index in [9.17, 15) is 9.18 Å². The second-order valence-electron chi connectivity index (χ2n) is 7.58. The van der Waals surface area contributed by atoms with Crippen LogP contribution in [0.1, 0.15) is 35.3 Å². The number of H-pyrrole nitrogens is 1. The minimum atomic E-state index is -0.317. The lowest BCUT2D eigenvalue weighted by Gasteiger charge is -2.26. The number of hydrazine groups is 1. The van der Waals surface area contributed by atoms with Crippen LogP contribution in [0.25, 0.3) is 21.9 Å².